The maximum absolute atomic E-state index is 12.3. The van der Waals surface area contributed by atoms with Gasteiger partial charge in [-0.3, -0.25) is 10.1 Å². The standard InChI is InChI=1S/C19H22N2O2S/c1-11-15(2-3-23-11)17(22)21-18-20-16(10-24-18)19-7-12-4-13(8-19)6-14(5-12)9-19/h2-3,10,12-14H,4-9H2,1H3,(H,20,21,22). The van der Waals surface area contributed by atoms with Gasteiger partial charge in [0.1, 0.15) is 5.76 Å². The first-order valence-corrected chi connectivity index (χ1v) is 9.81. The number of thiazole rings is 1. The van der Waals surface area contributed by atoms with Crippen LogP contribution >= 0.6 is 11.3 Å². The van der Waals surface area contributed by atoms with E-state index >= 15 is 0 Å². The summed E-state index contributed by atoms with van der Waals surface area (Å²) in [7, 11) is 0. The van der Waals surface area contributed by atoms with Crippen LogP contribution in [-0.2, 0) is 5.41 Å². The summed E-state index contributed by atoms with van der Waals surface area (Å²) < 4.78 is 5.22. The fraction of sp³-hybridized carbons (Fsp3) is 0.579. The first kappa shape index (κ1) is 14.7. The molecule has 2 aromatic heterocycles. The summed E-state index contributed by atoms with van der Waals surface area (Å²) in [5.74, 6) is 3.23. The second-order valence-corrected chi connectivity index (χ2v) is 8.94. The van der Waals surface area contributed by atoms with E-state index in [4.69, 9.17) is 9.40 Å². The third-order valence-electron chi connectivity index (χ3n) is 6.41. The molecule has 2 aromatic rings. The number of aromatic nitrogens is 1. The Bertz CT molecular complexity index is 756. The van der Waals surface area contributed by atoms with E-state index in [0.29, 0.717) is 21.9 Å². The van der Waals surface area contributed by atoms with Crippen LogP contribution in [0.5, 0.6) is 0 Å². The van der Waals surface area contributed by atoms with Crippen molar-refractivity contribution in [2.24, 2.45) is 17.8 Å². The Hall–Kier alpha value is -1.62. The van der Waals surface area contributed by atoms with Crippen molar-refractivity contribution in [1.82, 2.24) is 4.98 Å². The van der Waals surface area contributed by atoms with Crippen molar-refractivity contribution in [2.45, 2.75) is 50.9 Å². The number of nitrogens with one attached hydrogen (secondary N) is 1. The van der Waals surface area contributed by atoms with Gasteiger partial charge in [0.2, 0.25) is 0 Å². The smallest absolute Gasteiger partial charge is 0.260 e. The zero-order chi connectivity index (χ0) is 16.3. The highest BCUT2D eigenvalue weighted by Crippen LogP contribution is 2.60. The predicted molar refractivity (Wildman–Crippen MR) is 93.4 cm³/mol. The fourth-order valence-corrected chi connectivity index (χ4v) is 6.61. The number of carbonyl (C=O) groups is 1. The molecule has 4 fully saturated rings. The number of hydrogen-bond acceptors (Lipinski definition) is 4. The Morgan fingerprint density at radius 3 is 2.50 bits per heavy atom. The van der Waals surface area contributed by atoms with Crippen molar-refractivity contribution in [3.05, 3.63) is 34.7 Å². The van der Waals surface area contributed by atoms with Gasteiger partial charge in [0, 0.05) is 10.8 Å². The summed E-state index contributed by atoms with van der Waals surface area (Å²) in [6, 6.07) is 1.71. The van der Waals surface area contributed by atoms with Crippen LogP contribution in [0.15, 0.2) is 22.1 Å². The van der Waals surface area contributed by atoms with Crippen molar-refractivity contribution in [1.29, 1.82) is 0 Å². The highest BCUT2D eigenvalue weighted by Gasteiger charge is 2.52. The molecule has 24 heavy (non-hydrogen) atoms. The lowest BCUT2D eigenvalue weighted by Crippen LogP contribution is -2.48. The molecule has 5 heteroatoms. The third-order valence-corrected chi connectivity index (χ3v) is 7.17. The summed E-state index contributed by atoms with van der Waals surface area (Å²) >= 11 is 1.56. The molecule has 4 saturated carbocycles. The van der Waals surface area contributed by atoms with Gasteiger partial charge in [-0.15, -0.1) is 11.3 Å². The number of hydrogen-bond donors (Lipinski definition) is 1. The highest BCUT2D eigenvalue weighted by atomic mass is 32.1. The molecule has 0 radical (unpaired) electrons. The molecule has 1 N–H and O–H groups in total. The fourth-order valence-electron chi connectivity index (χ4n) is 5.78. The summed E-state index contributed by atoms with van der Waals surface area (Å²) in [5, 5.41) is 5.85. The molecule has 0 spiro atoms. The molecule has 126 valence electrons. The molecule has 4 bridgehead atoms. The van der Waals surface area contributed by atoms with E-state index in [1.165, 1.54) is 44.2 Å². The average Bonchev–Trinajstić information content (AvgIpc) is 3.15. The molecule has 4 nitrogen and oxygen atoms in total. The van der Waals surface area contributed by atoms with Crippen molar-refractivity contribution < 1.29 is 9.21 Å². The molecule has 0 aromatic carbocycles. The van der Waals surface area contributed by atoms with E-state index in [1.807, 2.05) is 0 Å². The number of carbonyl (C=O) groups excluding carboxylic acids is 1. The molecule has 0 aliphatic heterocycles. The first-order valence-electron chi connectivity index (χ1n) is 8.93. The summed E-state index contributed by atoms with van der Waals surface area (Å²) in [6.45, 7) is 1.80. The number of nitrogens with zero attached hydrogens (tertiary/aromatic N) is 1. The van der Waals surface area contributed by atoms with Crippen LogP contribution < -0.4 is 5.32 Å². The molecule has 4 aliphatic carbocycles. The van der Waals surface area contributed by atoms with Crippen LogP contribution in [0.1, 0.15) is 60.3 Å². The van der Waals surface area contributed by atoms with Gasteiger partial charge in [0.15, 0.2) is 5.13 Å². The van der Waals surface area contributed by atoms with E-state index in [9.17, 15) is 4.79 Å². The van der Waals surface area contributed by atoms with Gasteiger partial charge in [-0.1, -0.05) is 0 Å². The van der Waals surface area contributed by atoms with Gasteiger partial charge in [0.05, 0.1) is 17.5 Å². The van der Waals surface area contributed by atoms with Gasteiger partial charge in [-0.25, -0.2) is 4.98 Å². The van der Waals surface area contributed by atoms with Crippen molar-refractivity contribution in [3.8, 4) is 0 Å². The molecule has 0 saturated heterocycles. The van der Waals surface area contributed by atoms with Crippen LogP contribution in [0.3, 0.4) is 0 Å². The number of aryl methyl sites for hydroxylation is 1. The van der Waals surface area contributed by atoms with Crippen LogP contribution in [0.4, 0.5) is 5.13 Å². The second-order valence-electron chi connectivity index (χ2n) is 8.08. The van der Waals surface area contributed by atoms with Gasteiger partial charge in [-0.2, -0.15) is 0 Å². The van der Waals surface area contributed by atoms with Crippen LogP contribution in [0, 0.1) is 24.7 Å². The number of amides is 1. The number of furan rings is 1. The van der Waals surface area contributed by atoms with Crippen molar-refractivity contribution in [3.63, 3.8) is 0 Å². The molecular formula is C19H22N2O2S. The zero-order valence-corrected chi connectivity index (χ0v) is 14.7. The van der Waals surface area contributed by atoms with E-state index in [0.717, 1.165) is 17.8 Å². The minimum Gasteiger partial charge on any atom is -0.469 e. The Morgan fingerprint density at radius 2 is 1.92 bits per heavy atom. The number of anilines is 1. The average molecular weight is 342 g/mol. The van der Waals surface area contributed by atoms with Crippen molar-refractivity contribution >= 4 is 22.4 Å². The van der Waals surface area contributed by atoms with E-state index < -0.39 is 0 Å². The molecule has 2 heterocycles. The van der Waals surface area contributed by atoms with E-state index in [-0.39, 0.29) is 5.91 Å². The topological polar surface area (TPSA) is 55.1 Å². The quantitative estimate of drug-likeness (QED) is 0.874. The molecule has 0 unspecified atom stereocenters. The normalized spacial score (nSPS) is 33.8. The maximum atomic E-state index is 12.3. The lowest BCUT2D eigenvalue weighted by Gasteiger charge is -2.56. The highest BCUT2D eigenvalue weighted by molar-refractivity contribution is 7.14. The second kappa shape index (κ2) is 5.19. The summed E-state index contributed by atoms with van der Waals surface area (Å²) in [5.41, 5.74) is 2.10. The van der Waals surface area contributed by atoms with Gasteiger partial charge in [-0.05, 0) is 69.3 Å². The predicted octanol–water partition coefficient (Wildman–Crippen LogP) is 4.76. The molecule has 0 atom stereocenters. The minimum atomic E-state index is -0.132. The lowest BCUT2D eigenvalue weighted by atomic mass is 9.49. The zero-order valence-electron chi connectivity index (χ0n) is 13.9. The first-order chi connectivity index (χ1) is 11.6. The minimum absolute atomic E-state index is 0.132. The Morgan fingerprint density at radius 1 is 1.25 bits per heavy atom. The maximum Gasteiger partial charge on any atom is 0.260 e. The molecule has 1 amide bonds. The Labute approximate surface area is 145 Å². The van der Waals surface area contributed by atoms with Crippen LogP contribution in [0.2, 0.25) is 0 Å². The van der Waals surface area contributed by atoms with E-state index in [1.54, 1.807) is 30.6 Å². The molecule has 4 aliphatic rings. The monoisotopic (exact) mass is 342 g/mol. The Kier molecular flexibility index (Phi) is 3.18. The summed E-state index contributed by atoms with van der Waals surface area (Å²) in [4.78, 5) is 17.2. The Balaban J connectivity index is 1.38. The van der Waals surface area contributed by atoms with Crippen molar-refractivity contribution in [2.75, 3.05) is 5.32 Å². The third kappa shape index (κ3) is 2.25. The van der Waals surface area contributed by atoms with Crippen LogP contribution in [0.25, 0.3) is 0 Å². The lowest BCUT2D eigenvalue weighted by molar-refractivity contribution is -0.00688. The van der Waals surface area contributed by atoms with Gasteiger partial charge < -0.3 is 4.42 Å². The van der Waals surface area contributed by atoms with Gasteiger partial charge >= 0.3 is 0 Å². The van der Waals surface area contributed by atoms with E-state index in [2.05, 4.69) is 10.7 Å². The summed E-state index contributed by atoms with van der Waals surface area (Å²) in [6.07, 6.45) is 9.77. The number of rotatable bonds is 3. The van der Waals surface area contributed by atoms with Crippen LogP contribution in [-0.4, -0.2) is 10.9 Å². The molecule has 6 rings (SSSR count). The SMILES string of the molecule is Cc1occc1C(=O)Nc1nc(C23CC4CC(CC(C4)C2)C3)cs1. The molecular weight excluding hydrogens is 320 g/mol. The van der Waals surface area contributed by atoms with Gasteiger partial charge in [0.25, 0.3) is 5.91 Å². The largest absolute Gasteiger partial charge is 0.469 e.